The predicted molar refractivity (Wildman–Crippen MR) is 295 cm³/mol. The highest BCUT2D eigenvalue weighted by molar-refractivity contribution is 6.84. The second kappa shape index (κ2) is 35.7. The van der Waals surface area contributed by atoms with E-state index in [0.29, 0.717) is 38.8 Å². The molecule has 0 saturated heterocycles. The van der Waals surface area contributed by atoms with Gasteiger partial charge in [-0.15, -0.1) is 0 Å². The van der Waals surface area contributed by atoms with Crippen molar-refractivity contribution in [2.24, 2.45) is 41.4 Å². The average Bonchev–Trinajstić information content (AvgIpc) is 3.35. The van der Waals surface area contributed by atoms with Gasteiger partial charge in [0.15, 0.2) is 16.6 Å². The lowest BCUT2D eigenvalue weighted by Gasteiger charge is -2.37. The van der Waals surface area contributed by atoms with Gasteiger partial charge in [0.1, 0.15) is 0 Å². The van der Waals surface area contributed by atoms with E-state index < -0.39 is 22.6 Å². The monoisotopic (exact) mass is 1010 g/mol. The Balaban J connectivity index is 0.853. The molecule has 10 heteroatoms. The number of rotatable bonds is 37. The maximum atomic E-state index is 12.7. The number of hydrogen-bond acceptors (Lipinski definition) is 8. The van der Waals surface area contributed by atoms with Gasteiger partial charge in [-0.05, 0) is 183 Å². The molecule has 0 heterocycles. The first-order valence-corrected chi connectivity index (χ1v) is 36.5. The fourth-order valence-corrected chi connectivity index (χ4v) is 22.0. The van der Waals surface area contributed by atoms with Crippen LogP contribution in [0.25, 0.3) is 0 Å². The number of ether oxygens (including phenoxy) is 4. The maximum Gasteiger partial charge on any atom is 0.330 e. The molecule has 0 unspecified atom stereocenters. The fraction of sp³-hybridized carbons (Fsp3) is 0.917. The summed E-state index contributed by atoms with van der Waals surface area (Å²) >= 11 is 0. The molecule has 4 saturated carbocycles. The molecule has 4 aliphatic carbocycles. The summed E-state index contributed by atoms with van der Waals surface area (Å²) in [6, 6.07) is 2.63. The number of carbonyl (C=O) groups is 3. The SMILES string of the molecule is C=CC(=O)OCCCCOC(=O)C1CCC(C2CCC(OCCCCCCCCCCC[Si](C)(C)O[Si](C)(C)CCCCCCCCCCCOC(=O)C3CCC(C4CCC(C)CC4)CC3)CC2)CC1. The summed E-state index contributed by atoms with van der Waals surface area (Å²) in [5.74, 6) is 4.12. The highest BCUT2D eigenvalue weighted by Crippen LogP contribution is 2.43. The van der Waals surface area contributed by atoms with E-state index in [1.807, 2.05) is 0 Å². The van der Waals surface area contributed by atoms with Crippen LogP contribution in [0.5, 0.6) is 0 Å². The van der Waals surface area contributed by atoms with Gasteiger partial charge in [-0.2, -0.15) is 0 Å². The standard InChI is InChI=1S/C60H110O8Si2/c1-7-58(61)65-45-24-25-47-67-60(63)56-38-34-53(35-39-56)54-40-42-57(43-41-54)64-44-22-18-14-10-8-12-16-20-26-48-69(3,4)68-70(5,6)49-27-21-17-13-9-11-15-19-23-46-66-59(62)55-36-32-52(33-37-55)51-30-28-50(2)29-31-51/h7,50-57H,1,8-49H2,2-6H3. The Hall–Kier alpha value is -1.50. The van der Waals surface area contributed by atoms with E-state index in [4.69, 9.17) is 23.1 Å². The third-order valence-electron chi connectivity index (χ3n) is 17.5. The summed E-state index contributed by atoms with van der Waals surface area (Å²) < 4.78 is 29.6. The largest absolute Gasteiger partial charge is 0.465 e. The molecule has 4 rings (SSSR count). The van der Waals surface area contributed by atoms with Gasteiger partial charge in [-0.1, -0.05) is 129 Å². The van der Waals surface area contributed by atoms with Crippen LogP contribution < -0.4 is 0 Å². The summed E-state index contributed by atoms with van der Waals surface area (Å²) in [5, 5.41) is 0. The molecule has 8 nitrogen and oxygen atoms in total. The number of unbranched alkanes of at least 4 members (excludes halogenated alkanes) is 17. The van der Waals surface area contributed by atoms with Crippen molar-refractivity contribution < 1.29 is 37.4 Å². The van der Waals surface area contributed by atoms with Crippen molar-refractivity contribution in [3.05, 3.63) is 12.7 Å². The lowest BCUT2D eigenvalue weighted by molar-refractivity contribution is -0.151. The van der Waals surface area contributed by atoms with Gasteiger partial charge in [-0.3, -0.25) is 9.59 Å². The maximum absolute atomic E-state index is 12.7. The van der Waals surface area contributed by atoms with E-state index in [1.165, 1.54) is 192 Å². The summed E-state index contributed by atoms with van der Waals surface area (Å²) in [4.78, 5) is 36.4. The van der Waals surface area contributed by atoms with Crippen LogP contribution >= 0.6 is 0 Å². The van der Waals surface area contributed by atoms with Crippen LogP contribution in [0.15, 0.2) is 12.7 Å². The predicted octanol–water partition coefficient (Wildman–Crippen LogP) is 17.0. The Kier molecular flexibility index (Phi) is 31.1. The van der Waals surface area contributed by atoms with Crippen molar-refractivity contribution >= 4 is 34.5 Å². The number of esters is 3. The van der Waals surface area contributed by atoms with Crippen molar-refractivity contribution in [3.8, 4) is 0 Å². The zero-order chi connectivity index (χ0) is 50.3. The second-order valence-corrected chi connectivity index (χ2v) is 33.4. The number of carbonyl (C=O) groups excluding carboxylic acids is 3. The lowest BCUT2D eigenvalue weighted by Crippen LogP contribution is -2.44. The molecule has 4 aliphatic rings. The van der Waals surface area contributed by atoms with E-state index in [0.717, 1.165) is 81.1 Å². The van der Waals surface area contributed by atoms with Crippen molar-refractivity contribution in [1.29, 1.82) is 0 Å². The van der Waals surface area contributed by atoms with Crippen molar-refractivity contribution in [3.63, 3.8) is 0 Å². The summed E-state index contributed by atoms with van der Waals surface area (Å²) in [5.41, 5.74) is 0. The molecule has 406 valence electrons. The molecule has 0 atom stereocenters. The third-order valence-corrected chi connectivity index (χ3v) is 25.0. The van der Waals surface area contributed by atoms with Gasteiger partial charge >= 0.3 is 17.9 Å². The molecule has 70 heavy (non-hydrogen) atoms. The summed E-state index contributed by atoms with van der Waals surface area (Å²) in [6.45, 7) is 18.0. The molecule has 0 aromatic heterocycles. The third kappa shape index (κ3) is 26.6. The van der Waals surface area contributed by atoms with Crippen LogP contribution in [-0.4, -0.2) is 67.1 Å². The zero-order valence-electron chi connectivity index (χ0n) is 46.4. The molecule has 0 aliphatic heterocycles. The Morgan fingerprint density at radius 3 is 1.13 bits per heavy atom. The molecule has 0 radical (unpaired) electrons. The number of hydrogen-bond donors (Lipinski definition) is 0. The molecule has 0 spiro atoms. The topological polar surface area (TPSA) is 97.4 Å². The van der Waals surface area contributed by atoms with E-state index >= 15 is 0 Å². The quantitative estimate of drug-likeness (QED) is 0.0200. The van der Waals surface area contributed by atoms with Crippen LogP contribution in [0.4, 0.5) is 0 Å². The Morgan fingerprint density at radius 2 is 0.729 bits per heavy atom. The van der Waals surface area contributed by atoms with E-state index in [1.54, 1.807) is 0 Å². The van der Waals surface area contributed by atoms with Gasteiger partial charge in [0.05, 0.1) is 37.8 Å². The highest BCUT2D eigenvalue weighted by Gasteiger charge is 2.35. The van der Waals surface area contributed by atoms with E-state index in [9.17, 15) is 14.4 Å². The molecule has 0 bridgehead atoms. The van der Waals surface area contributed by atoms with Gasteiger partial charge < -0.3 is 23.1 Å². The minimum atomic E-state index is -1.60. The van der Waals surface area contributed by atoms with Crippen LogP contribution in [0.2, 0.25) is 38.3 Å². The normalized spacial score (nSPS) is 25.6. The minimum Gasteiger partial charge on any atom is -0.465 e. The Morgan fingerprint density at radius 1 is 0.414 bits per heavy atom. The highest BCUT2D eigenvalue weighted by atomic mass is 28.4. The smallest absolute Gasteiger partial charge is 0.330 e. The molecule has 4 fully saturated rings. The van der Waals surface area contributed by atoms with E-state index in [-0.39, 0.29) is 23.8 Å². The van der Waals surface area contributed by atoms with Crippen LogP contribution in [0.3, 0.4) is 0 Å². The Labute approximate surface area is 433 Å². The van der Waals surface area contributed by atoms with Crippen molar-refractivity contribution in [2.45, 2.75) is 282 Å². The molecule has 0 amide bonds. The van der Waals surface area contributed by atoms with Crippen molar-refractivity contribution in [2.75, 3.05) is 26.4 Å². The molecule has 0 aromatic carbocycles. The molecular formula is C60H110O8Si2. The lowest BCUT2D eigenvalue weighted by atomic mass is 9.69. The van der Waals surface area contributed by atoms with Crippen LogP contribution in [0.1, 0.15) is 238 Å². The molecule has 0 N–H and O–H groups in total. The fourth-order valence-electron chi connectivity index (χ4n) is 13.0. The Bertz CT molecular complexity index is 1390. The van der Waals surface area contributed by atoms with E-state index in [2.05, 4.69) is 39.7 Å². The summed E-state index contributed by atoms with van der Waals surface area (Å²) in [6.07, 6.45) is 46.0. The van der Waals surface area contributed by atoms with Gasteiger partial charge in [-0.25, -0.2) is 4.79 Å². The first kappa shape index (κ1) is 61.1. The molecule has 0 aromatic rings. The summed E-state index contributed by atoms with van der Waals surface area (Å²) in [7, 11) is -3.20. The van der Waals surface area contributed by atoms with Crippen LogP contribution in [0, 0.1) is 41.4 Å². The van der Waals surface area contributed by atoms with Gasteiger partial charge in [0, 0.05) is 12.7 Å². The van der Waals surface area contributed by atoms with Crippen molar-refractivity contribution in [1.82, 2.24) is 0 Å². The van der Waals surface area contributed by atoms with Crippen LogP contribution in [-0.2, 0) is 37.4 Å². The zero-order valence-corrected chi connectivity index (χ0v) is 48.4. The average molecular weight is 1020 g/mol. The molecular weight excluding hydrogens is 905 g/mol. The van der Waals surface area contributed by atoms with Gasteiger partial charge in [0.2, 0.25) is 0 Å². The first-order chi connectivity index (χ1) is 33.8. The second-order valence-electron chi connectivity index (χ2n) is 24.6. The first-order valence-electron chi connectivity index (χ1n) is 30.3. The minimum absolute atomic E-state index is 0.0395. The van der Waals surface area contributed by atoms with Gasteiger partial charge in [0.25, 0.3) is 0 Å².